The molecule has 72 valence electrons. The number of hydrogen-bond acceptors (Lipinski definition) is 1. The minimum absolute atomic E-state index is 0.719. The third-order valence-electron chi connectivity index (χ3n) is 2.43. The zero-order valence-corrected chi connectivity index (χ0v) is 10.0. The molecule has 2 N–H and O–H groups in total. The van der Waals surface area contributed by atoms with Crippen molar-refractivity contribution in [3.63, 3.8) is 0 Å². The van der Waals surface area contributed by atoms with Crippen molar-refractivity contribution in [3.8, 4) is 0 Å². The number of hydrogen-bond donors (Lipinski definition) is 1. The molecular weight excluding hydrogens is 226 g/mol. The molecule has 0 amide bonds. The largest absolute Gasteiger partial charge is 0.330 e. The van der Waals surface area contributed by atoms with E-state index in [9.17, 15) is 0 Å². The van der Waals surface area contributed by atoms with Crippen LogP contribution >= 0.6 is 15.9 Å². The molecule has 0 atom stereocenters. The molecular formula is C11H16BrN. The van der Waals surface area contributed by atoms with Crippen molar-refractivity contribution in [3.05, 3.63) is 32.8 Å². The van der Waals surface area contributed by atoms with Gasteiger partial charge in [-0.15, -0.1) is 0 Å². The highest BCUT2D eigenvalue weighted by Gasteiger charge is 2.07. The molecule has 0 saturated heterocycles. The first-order chi connectivity index (χ1) is 6.07. The van der Waals surface area contributed by atoms with E-state index in [0.29, 0.717) is 0 Å². The predicted octanol–water partition coefficient (Wildman–Crippen LogP) is 2.88. The summed E-state index contributed by atoms with van der Waals surface area (Å²) in [5, 5.41) is 0. The van der Waals surface area contributed by atoms with Crippen LogP contribution in [-0.2, 0) is 6.42 Å². The van der Waals surface area contributed by atoms with Crippen molar-refractivity contribution in [1.29, 1.82) is 0 Å². The van der Waals surface area contributed by atoms with Crippen LogP contribution in [0.1, 0.15) is 22.3 Å². The van der Waals surface area contributed by atoms with Crippen LogP contribution in [0.15, 0.2) is 10.5 Å². The van der Waals surface area contributed by atoms with Crippen molar-refractivity contribution < 1.29 is 0 Å². The van der Waals surface area contributed by atoms with Crippen molar-refractivity contribution >= 4 is 15.9 Å². The van der Waals surface area contributed by atoms with Gasteiger partial charge in [0.05, 0.1) is 0 Å². The molecule has 0 fully saturated rings. The van der Waals surface area contributed by atoms with Crippen LogP contribution in [0.4, 0.5) is 0 Å². The van der Waals surface area contributed by atoms with E-state index in [2.05, 4.69) is 42.8 Å². The smallest absolute Gasteiger partial charge is 0.0236 e. The lowest BCUT2D eigenvalue weighted by Crippen LogP contribution is -2.06. The molecule has 2 heteroatoms. The third kappa shape index (κ3) is 2.12. The fourth-order valence-corrected chi connectivity index (χ4v) is 2.08. The Hall–Kier alpha value is -0.340. The summed E-state index contributed by atoms with van der Waals surface area (Å²) < 4.78 is 1.22. The summed E-state index contributed by atoms with van der Waals surface area (Å²) in [6.07, 6.45) is 0.969. The number of benzene rings is 1. The summed E-state index contributed by atoms with van der Waals surface area (Å²) in [7, 11) is 0. The fraction of sp³-hybridized carbons (Fsp3) is 0.455. The Labute approximate surface area is 88.5 Å². The average Bonchev–Trinajstić information content (AvgIpc) is 2.09. The summed E-state index contributed by atoms with van der Waals surface area (Å²) in [4.78, 5) is 0. The van der Waals surface area contributed by atoms with Gasteiger partial charge in [-0.3, -0.25) is 0 Å². The van der Waals surface area contributed by atoms with Crippen LogP contribution in [0.3, 0.4) is 0 Å². The van der Waals surface area contributed by atoms with Crippen LogP contribution in [0.2, 0.25) is 0 Å². The Morgan fingerprint density at radius 3 is 2.38 bits per heavy atom. The predicted molar refractivity (Wildman–Crippen MR) is 61.1 cm³/mol. The Morgan fingerprint density at radius 2 is 1.85 bits per heavy atom. The lowest BCUT2D eigenvalue weighted by Gasteiger charge is -2.12. The molecule has 0 aliphatic rings. The summed E-state index contributed by atoms with van der Waals surface area (Å²) in [5.41, 5.74) is 10.9. The molecule has 13 heavy (non-hydrogen) atoms. The first-order valence-corrected chi connectivity index (χ1v) is 5.32. The molecule has 0 radical (unpaired) electrons. The molecule has 0 saturated carbocycles. The van der Waals surface area contributed by atoms with Gasteiger partial charge in [-0.25, -0.2) is 0 Å². The zero-order valence-electron chi connectivity index (χ0n) is 8.45. The maximum atomic E-state index is 5.57. The first kappa shape index (κ1) is 10.7. The lowest BCUT2D eigenvalue weighted by atomic mass is 9.97. The van der Waals surface area contributed by atoms with E-state index in [0.717, 1.165) is 13.0 Å². The molecule has 1 nitrogen and oxygen atoms in total. The average molecular weight is 242 g/mol. The third-order valence-corrected chi connectivity index (χ3v) is 3.65. The fourth-order valence-electron chi connectivity index (χ4n) is 1.73. The maximum absolute atomic E-state index is 5.57. The topological polar surface area (TPSA) is 26.0 Å². The molecule has 1 aromatic carbocycles. The van der Waals surface area contributed by atoms with Crippen molar-refractivity contribution in [1.82, 2.24) is 0 Å². The second kappa shape index (κ2) is 4.25. The van der Waals surface area contributed by atoms with Crippen LogP contribution in [0.25, 0.3) is 0 Å². The zero-order chi connectivity index (χ0) is 10.0. The highest BCUT2D eigenvalue weighted by atomic mass is 79.9. The van der Waals surface area contributed by atoms with E-state index in [-0.39, 0.29) is 0 Å². The molecule has 0 heterocycles. The van der Waals surface area contributed by atoms with Crippen molar-refractivity contribution in [2.24, 2.45) is 5.73 Å². The van der Waals surface area contributed by atoms with Gasteiger partial charge in [0.15, 0.2) is 0 Å². The lowest BCUT2D eigenvalue weighted by molar-refractivity contribution is 0.942. The SMILES string of the molecule is Cc1cc(C)c(CCN)c(C)c1Br. The quantitative estimate of drug-likeness (QED) is 0.847. The number of aryl methyl sites for hydroxylation is 2. The van der Waals surface area contributed by atoms with E-state index in [1.54, 1.807) is 0 Å². The molecule has 0 bridgehead atoms. The summed E-state index contributed by atoms with van der Waals surface area (Å²) in [5.74, 6) is 0. The normalized spacial score (nSPS) is 10.5. The van der Waals surface area contributed by atoms with E-state index >= 15 is 0 Å². The minimum Gasteiger partial charge on any atom is -0.330 e. The maximum Gasteiger partial charge on any atom is 0.0236 e. The van der Waals surface area contributed by atoms with E-state index in [4.69, 9.17) is 5.73 Å². The molecule has 0 aromatic heterocycles. The Kier molecular flexibility index (Phi) is 3.51. The molecule has 1 aromatic rings. The van der Waals surface area contributed by atoms with Gasteiger partial charge < -0.3 is 5.73 Å². The Morgan fingerprint density at radius 1 is 1.23 bits per heavy atom. The molecule has 0 aliphatic carbocycles. The summed E-state index contributed by atoms with van der Waals surface area (Å²) >= 11 is 3.59. The number of nitrogens with two attached hydrogens (primary N) is 1. The van der Waals surface area contributed by atoms with Gasteiger partial charge in [-0.05, 0) is 56.0 Å². The van der Waals surface area contributed by atoms with E-state index in [1.165, 1.54) is 26.7 Å². The van der Waals surface area contributed by atoms with E-state index < -0.39 is 0 Å². The van der Waals surface area contributed by atoms with Crippen LogP contribution in [0.5, 0.6) is 0 Å². The Balaban J connectivity index is 3.26. The summed E-state index contributed by atoms with van der Waals surface area (Å²) in [6, 6.07) is 2.21. The van der Waals surface area contributed by atoms with Gasteiger partial charge in [0.1, 0.15) is 0 Å². The first-order valence-electron chi connectivity index (χ1n) is 4.53. The van der Waals surface area contributed by atoms with Gasteiger partial charge in [0, 0.05) is 4.47 Å². The second-order valence-electron chi connectivity index (χ2n) is 3.47. The van der Waals surface area contributed by atoms with Crippen molar-refractivity contribution in [2.45, 2.75) is 27.2 Å². The number of rotatable bonds is 2. The Bertz CT molecular complexity index is 318. The van der Waals surface area contributed by atoms with Gasteiger partial charge in [0.2, 0.25) is 0 Å². The van der Waals surface area contributed by atoms with Crippen LogP contribution in [-0.4, -0.2) is 6.54 Å². The molecule has 1 rings (SSSR count). The second-order valence-corrected chi connectivity index (χ2v) is 4.26. The molecule has 0 aliphatic heterocycles. The molecule has 0 unspecified atom stereocenters. The monoisotopic (exact) mass is 241 g/mol. The molecule has 0 spiro atoms. The van der Waals surface area contributed by atoms with Gasteiger partial charge >= 0.3 is 0 Å². The van der Waals surface area contributed by atoms with Gasteiger partial charge in [-0.1, -0.05) is 22.0 Å². The van der Waals surface area contributed by atoms with Crippen LogP contribution in [0, 0.1) is 20.8 Å². The van der Waals surface area contributed by atoms with Crippen molar-refractivity contribution in [2.75, 3.05) is 6.54 Å². The highest BCUT2D eigenvalue weighted by molar-refractivity contribution is 9.10. The van der Waals surface area contributed by atoms with Crippen LogP contribution < -0.4 is 5.73 Å². The van der Waals surface area contributed by atoms with Gasteiger partial charge in [-0.2, -0.15) is 0 Å². The summed E-state index contributed by atoms with van der Waals surface area (Å²) in [6.45, 7) is 7.14. The highest BCUT2D eigenvalue weighted by Crippen LogP contribution is 2.26. The number of halogens is 1. The minimum atomic E-state index is 0.719. The van der Waals surface area contributed by atoms with Gasteiger partial charge in [0.25, 0.3) is 0 Å². The van der Waals surface area contributed by atoms with E-state index in [1.807, 2.05) is 0 Å². The standard InChI is InChI=1S/C11H16BrN/c1-7-6-8(2)11(12)9(3)10(7)4-5-13/h6H,4-5,13H2,1-3H3.